The molecule has 2 aromatic carbocycles. The average molecular weight is 418 g/mol. The van der Waals surface area contributed by atoms with Crippen LogP contribution in [-0.2, 0) is 5.04 Å². The maximum absolute atomic E-state index is 6.61. The van der Waals surface area contributed by atoms with E-state index in [1.165, 1.54) is 0 Å². The first-order chi connectivity index (χ1) is 11.9. The Morgan fingerprint density at radius 2 is 1.20 bits per heavy atom. The van der Waals surface area contributed by atoms with E-state index in [1.807, 2.05) is 48.5 Å². The standard InChI is InChI=1S/C19H23Cl3O2Si/c1-4-13-25-18(19(20,21)22,14-5-9-16(23-2)10-6-14)15-7-11-17(24-3)12-8-15/h5-12H,4,13,25H2,1-3H3. The van der Waals surface area contributed by atoms with E-state index in [2.05, 4.69) is 6.92 Å². The van der Waals surface area contributed by atoms with E-state index < -0.39 is 18.4 Å². The topological polar surface area (TPSA) is 18.5 Å². The van der Waals surface area contributed by atoms with Gasteiger partial charge >= 0.3 is 0 Å². The third-order valence-corrected chi connectivity index (χ3v) is 9.35. The molecule has 0 amide bonds. The van der Waals surface area contributed by atoms with Crippen molar-refractivity contribution in [3.8, 4) is 11.5 Å². The summed E-state index contributed by atoms with van der Waals surface area (Å²) in [5.41, 5.74) is 2.03. The highest BCUT2D eigenvalue weighted by molar-refractivity contribution is 6.72. The summed E-state index contributed by atoms with van der Waals surface area (Å²) in [5, 5.41) is -0.619. The van der Waals surface area contributed by atoms with Crippen LogP contribution in [0.2, 0.25) is 6.04 Å². The summed E-state index contributed by atoms with van der Waals surface area (Å²) >= 11 is 19.8. The molecule has 2 rings (SSSR count). The summed E-state index contributed by atoms with van der Waals surface area (Å²) in [5.74, 6) is 1.57. The Labute approximate surface area is 167 Å². The number of methoxy groups -OCH3 is 2. The lowest BCUT2D eigenvalue weighted by atomic mass is 9.91. The second-order valence-electron chi connectivity index (χ2n) is 5.96. The molecule has 0 bridgehead atoms. The number of benzene rings is 2. The number of rotatable bonds is 7. The Morgan fingerprint density at radius 3 is 1.48 bits per heavy atom. The van der Waals surface area contributed by atoms with Gasteiger partial charge in [0.05, 0.1) is 19.3 Å². The monoisotopic (exact) mass is 416 g/mol. The molecule has 136 valence electrons. The molecule has 0 radical (unpaired) electrons. The average Bonchev–Trinajstić information content (AvgIpc) is 2.62. The molecule has 0 aliphatic carbocycles. The molecule has 0 unspecified atom stereocenters. The zero-order valence-corrected chi connectivity index (χ0v) is 18.4. The van der Waals surface area contributed by atoms with E-state index in [1.54, 1.807) is 14.2 Å². The first-order valence-electron chi connectivity index (χ1n) is 8.25. The number of ether oxygens (including phenoxy) is 2. The molecule has 0 spiro atoms. The second kappa shape index (κ2) is 8.68. The largest absolute Gasteiger partial charge is 0.497 e. The predicted octanol–water partition coefficient (Wildman–Crippen LogP) is 5.31. The predicted molar refractivity (Wildman–Crippen MR) is 111 cm³/mol. The van der Waals surface area contributed by atoms with Crippen molar-refractivity contribution in [2.45, 2.75) is 28.2 Å². The van der Waals surface area contributed by atoms with Crippen LogP contribution < -0.4 is 9.47 Å². The van der Waals surface area contributed by atoms with Crippen molar-refractivity contribution in [3.63, 3.8) is 0 Å². The summed E-state index contributed by atoms with van der Waals surface area (Å²) in [6, 6.07) is 16.8. The van der Waals surface area contributed by atoms with E-state index >= 15 is 0 Å². The molecule has 0 saturated heterocycles. The molecular formula is C19H23Cl3O2Si. The second-order valence-corrected chi connectivity index (χ2v) is 10.5. The molecule has 0 aliphatic heterocycles. The van der Waals surface area contributed by atoms with Crippen molar-refractivity contribution < 1.29 is 9.47 Å². The highest BCUT2D eigenvalue weighted by Gasteiger charge is 2.50. The lowest BCUT2D eigenvalue weighted by molar-refractivity contribution is 0.414. The van der Waals surface area contributed by atoms with Crippen molar-refractivity contribution in [1.29, 1.82) is 0 Å². The van der Waals surface area contributed by atoms with Crippen LogP contribution in [0.3, 0.4) is 0 Å². The number of hydrogen-bond acceptors (Lipinski definition) is 2. The first kappa shape index (κ1) is 20.4. The maximum Gasteiger partial charge on any atom is 0.200 e. The minimum atomic E-state index is -1.45. The van der Waals surface area contributed by atoms with Crippen LogP contribution in [-0.4, -0.2) is 27.5 Å². The van der Waals surface area contributed by atoms with Crippen molar-refractivity contribution >= 4 is 44.3 Å². The Kier molecular flexibility index (Phi) is 7.09. The maximum atomic E-state index is 6.61. The van der Waals surface area contributed by atoms with Gasteiger partial charge in [-0.05, 0) is 35.4 Å². The fourth-order valence-electron chi connectivity index (χ4n) is 3.12. The molecule has 0 fully saturated rings. The molecule has 0 aliphatic rings. The van der Waals surface area contributed by atoms with E-state index in [4.69, 9.17) is 44.3 Å². The van der Waals surface area contributed by atoms with Crippen molar-refractivity contribution in [2.75, 3.05) is 14.2 Å². The first-order valence-corrected chi connectivity index (χ1v) is 11.1. The minimum absolute atomic E-state index is 0.619. The van der Waals surface area contributed by atoms with Gasteiger partial charge in [0.2, 0.25) is 3.79 Å². The van der Waals surface area contributed by atoms with Crippen LogP contribution >= 0.6 is 34.8 Å². The lowest BCUT2D eigenvalue weighted by Gasteiger charge is -2.41. The molecule has 2 aromatic rings. The zero-order valence-electron chi connectivity index (χ0n) is 14.7. The van der Waals surface area contributed by atoms with Crippen LogP contribution in [0.25, 0.3) is 0 Å². The van der Waals surface area contributed by atoms with Gasteiger partial charge in [0.1, 0.15) is 11.5 Å². The summed E-state index contributed by atoms with van der Waals surface area (Å²) in [6.45, 7) is 2.16. The Balaban J connectivity index is 2.65. The quantitative estimate of drug-likeness (QED) is 0.448. The number of alkyl halides is 3. The Bertz CT molecular complexity index is 619. The van der Waals surface area contributed by atoms with Crippen LogP contribution in [0.15, 0.2) is 48.5 Å². The molecule has 2 nitrogen and oxygen atoms in total. The normalized spacial score (nSPS) is 12.6. The van der Waals surface area contributed by atoms with Gasteiger partial charge in [-0.2, -0.15) is 0 Å². The Morgan fingerprint density at radius 1 is 0.800 bits per heavy atom. The molecule has 0 heterocycles. The minimum Gasteiger partial charge on any atom is -0.497 e. The van der Waals surface area contributed by atoms with E-state index in [0.29, 0.717) is 0 Å². The van der Waals surface area contributed by atoms with Crippen molar-refractivity contribution in [3.05, 3.63) is 59.7 Å². The highest BCUT2D eigenvalue weighted by atomic mass is 35.6. The van der Waals surface area contributed by atoms with Crippen LogP contribution in [0.5, 0.6) is 11.5 Å². The van der Waals surface area contributed by atoms with Crippen LogP contribution in [0.4, 0.5) is 0 Å². The summed E-state index contributed by atoms with van der Waals surface area (Å²) in [7, 11) is 2.49. The molecule has 0 N–H and O–H groups in total. The molecule has 25 heavy (non-hydrogen) atoms. The smallest absolute Gasteiger partial charge is 0.200 e. The fraction of sp³-hybridized carbons (Fsp3) is 0.368. The number of halogens is 3. The molecule has 0 atom stereocenters. The van der Waals surface area contributed by atoms with Gasteiger partial charge in [-0.3, -0.25) is 0 Å². The third kappa shape index (κ3) is 4.28. The van der Waals surface area contributed by atoms with Crippen LogP contribution in [0.1, 0.15) is 24.5 Å². The lowest BCUT2D eigenvalue weighted by Crippen LogP contribution is -2.46. The van der Waals surface area contributed by atoms with Crippen LogP contribution in [0, 0.1) is 0 Å². The van der Waals surface area contributed by atoms with Gasteiger partial charge in [0, 0.05) is 9.52 Å². The van der Waals surface area contributed by atoms with Gasteiger partial charge in [0.15, 0.2) is 0 Å². The fourth-order valence-corrected chi connectivity index (χ4v) is 6.84. The SMILES string of the molecule is CCC[SiH2]C(c1ccc(OC)cc1)(c1ccc(OC)cc1)C(Cl)(Cl)Cl. The van der Waals surface area contributed by atoms with Gasteiger partial charge in [-0.25, -0.2) is 0 Å². The summed E-state index contributed by atoms with van der Waals surface area (Å²) in [6.07, 6.45) is 1.07. The molecule has 0 aromatic heterocycles. The summed E-state index contributed by atoms with van der Waals surface area (Å²) in [4.78, 5) is 0. The van der Waals surface area contributed by atoms with Gasteiger partial charge in [0.25, 0.3) is 0 Å². The van der Waals surface area contributed by atoms with Gasteiger partial charge in [-0.15, -0.1) is 0 Å². The zero-order chi connectivity index (χ0) is 18.5. The van der Waals surface area contributed by atoms with Gasteiger partial charge in [-0.1, -0.05) is 78.5 Å². The third-order valence-electron chi connectivity index (χ3n) is 4.55. The molecule has 0 saturated carbocycles. The Hall–Kier alpha value is -0.873. The highest BCUT2D eigenvalue weighted by Crippen LogP contribution is 2.51. The van der Waals surface area contributed by atoms with Gasteiger partial charge < -0.3 is 9.47 Å². The molecular weight excluding hydrogens is 395 g/mol. The van der Waals surface area contributed by atoms with E-state index in [-0.39, 0.29) is 0 Å². The van der Waals surface area contributed by atoms with Crippen molar-refractivity contribution in [1.82, 2.24) is 0 Å². The van der Waals surface area contributed by atoms with E-state index in [0.717, 1.165) is 35.1 Å². The summed E-state index contributed by atoms with van der Waals surface area (Å²) < 4.78 is 9.11. The molecule has 6 heteroatoms. The number of hydrogen-bond donors (Lipinski definition) is 0. The van der Waals surface area contributed by atoms with Crippen molar-refractivity contribution in [2.24, 2.45) is 0 Å². The van der Waals surface area contributed by atoms with E-state index in [9.17, 15) is 0 Å².